The molecule has 3 heterocycles. The number of aromatic nitrogens is 5. The van der Waals surface area contributed by atoms with Crippen LogP contribution in [-0.4, -0.2) is 36.9 Å². The molecular weight excluding hydrogens is 438 g/mol. The molecule has 0 amide bonds. The van der Waals surface area contributed by atoms with E-state index in [1.165, 1.54) is 6.20 Å². The van der Waals surface area contributed by atoms with Crippen molar-refractivity contribution in [3.63, 3.8) is 0 Å². The van der Waals surface area contributed by atoms with Crippen LogP contribution < -0.4 is 4.74 Å². The standard InChI is InChI=1S/C28H23N5O2/c1-17-22(14-29-15-26(17)34)19-9-12-25-21(13-19)27(28-30-23-5-3-4-6-24(23)31-28)32-33(25)16-18-7-10-20(35-2)11-8-18/h3-15,34H,16H2,1-2H3,(H,30,31). The van der Waals surface area contributed by atoms with E-state index in [4.69, 9.17) is 14.8 Å². The maximum absolute atomic E-state index is 10.2. The summed E-state index contributed by atoms with van der Waals surface area (Å²) in [6.45, 7) is 2.50. The molecule has 0 spiro atoms. The lowest BCUT2D eigenvalue weighted by molar-refractivity contribution is 0.414. The van der Waals surface area contributed by atoms with Gasteiger partial charge < -0.3 is 14.8 Å². The summed E-state index contributed by atoms with van der Waals surface area (Å²) in [4.78, 5) is 12.4. The van der Waals surface area contributed by atoms with E-state index in [1.807, 2.05) is 66.2 Å². The van der Waals surface area contributed by atoms with Crippen LogP contribution in [0.15, 0.2) is 79.1 Å². The van der Waals surface area contributed by atoms with Crippen LogP contribution in [0.2, 0.25) is 0 Å². The Balaban J connectivity index is 1.53. The number of H-pyrrole nitrogens is 1. The third-order valence-corrected chi connectivity index (χ3v) is 6.36. The normalized spacial score (nSPS) is 11.4. The van der Waals surface area contributed by atoms with Crippen molar-refractivity contribution in [2.75, 3.05) is 7.11 Å². The van der Waals surface area contributed by atoms with E-state index in [0.717, 1.165) is 55.6 Å². The molecule has 0 aliphatic carbocycles. The first-order valence-corrected chi connectivity index (χ1v) is 11.3. The third kappa shape index (κ3) is 3.67. The van der Waals surface area contributed by atoms with Crippen LogP contribution in [-0.2, 0) is 6.54 Å². The Hall–Kier alpha value is -4.65. The molecule has 0 saturated carbocycles. The second kappa shape index (κ2) is 8.29. The minimum absolute atomic E-state index is 0.176. The van der Waals surface area contributed by atoms with Crippen molar-refractivity contribution < 1.29 is 9.84 Å². The van der Waals surface area contributed by atoms with Gasteiger partial charge in [-0.1, -0.05) is 30.3 Å². The number of hydrogen-bond acceptors (Lipinski definition) is 5. The Morgan fingerprint density at radius 3 is 2.63 bits per heavy atom. The molecular formula is C28H23N5O2. The predicted octanol–water partition coefficient (Wildman–Crippen LogP) is 5.71. The number of rotatable bonds is 5. The van der Waals surface area contributed by atoms with E-state index >= 15 is 0 Å². The maximum Gasteiger partial charge on any atom is 0.159 e. The molecule has 172 valence electrons. The number of nitrogens with one attached hydrogen (secondary N) is 1. The Bertz CT molecular complexity index is 1650. The van der Waals surface area contributed by atoms with Crippen molar-refractivity contribution in [2.45, 2.75) is 13.5 Å². The van der Waals surface area contributed by atoms with Crippen LogP contribution in [0.1, 0.15) is 11.1 Å². The molecule has 0 atom stereocenters. The first kappa shape index (κ1) is 20.9. The SMILES string of the molecule is COc1ccc(Cn2nc(-c3nc4ccccc4[nH]3)c3cc(-c4cncc(O)c4C)ccc32)cc1. The largest absolute Gasteiger partial charge is 0.506 e. The number of hydrogen-bond donors (Lipinski definition) is 2. The second-order valence-corrected chi connectivity index (χ2v) is 8.52. The molecule has 6 rings (SSSR count). The summed E-state index contributed by atoms with van der Waals surface area (Å²) in [6, 6.07) is 22.2. The van der Waals surface area contributed by atoms with E-state index in [9.17, 15) is 5.11 Å². The Morgan fingerprint density at radius 1 is 1.00 bits per heavy atom. The zero-order valence-electron chi connectivity index (χ0n) is 19.4. The van der Waals surface area contributed by atoms with Crippen molar-refractivity contribution in [1.82, 2.24) is 24.7 Å². The van der Waals surface area contributed by atoms with Crippen molar-refractivity contribution in [3.8, 4) is 34.1 Å². The van der Waals surface area contributed by atoms with Crippen molar-refractivity contribution in [2.24, 2.45) is 0 Å². The van der Waals surface area contributed by atoms with E-state index in [2.05, 4.69) is 22.1 Å². The summed E-state index contributed by atoms with van der Waals surface area (Å²) >= 11 is 0. The van der Waals surface area contributed by atoms with Gasteiger partial charge in [0.2, 0.25) is 0 Å². The first-order chi connectivity index (χ1) is 17.1. The lowest BCUT2D eigenvalue weighted by atomic mass is 10.0. The van der Waals surface area contributed by atoms with Crippen molar-refractivity contribution >= 4 is 21.9 Å². The zero-order valence-corrected chi connectivity index (χ0v) is 19.4. The van der Waals surface area contributed by atoms with E-state index < -0.39 is 0 Å². The Morgan fingerprint density at radius 2 is 1.83 bits per heavy atom. The number of aromatic amines is 1. The quantitative estimate of drug-likeness (QED) is 0.343. The van der Waals surface area contributed by atoms with Crippen LogP contribution in [0.3, 0.4) is 0 Å². The van der Waals surface area contributed by atoms with Gasteiger partial charge in [0.15, 0.2) is 5.82 Å². The summed E-state index contributed by atoms with van der Waals surface area (Å²) in [5, 5.41) is 16.2. The number of ether oxygens (including phenoxy) is 1. The molecule has 0 bridgehead atoms. The highest BCUT2D eigenvalue weighted by Gasteiger charge is 2.18. The number of benzene rings is 3. The molecule has 3 aromatic heterocycles. The smallest absolute Gasteiger partial charge is 0.159 e. The topological polar surface area (TPSA) is 88.9 Å². The van der Waals surface area contributed by atoms with Gasteiger partial charge in [0.1, 0.15) is 17.2 Å². The van der Waals surface area contributed by atoms with Gasteiger partial charge in [0.25, 0.3) is 0 Å². The average molecular weight is 462 g/mol. The first-order valence-electron chi connectivity index (χ1n) is 11.3. The van der Waals surface area contributed by atoms with Gasteiger partial charge in [-0.3, -0.25) is 9.67 Å². The average Bonchev–Trinajstić information content (AvgIpc) is 3.47. The second-order valence-electron chi connectivity index (χ2n) is 8.52. The van der Waals surface area contributed by atoms with Crippen LogP contribution in [0, 0.1) is 6.92 Å². The number of nitrogens with zero attached hydrogens (tertiary/aromatic N) is 4. The fourth-order valence-corrected chi connectivity index (χ4v) is 4.42. The summed E-state index contributed by atoms with van der Waals surface area (Å²) in [5.74, 6) is 1.71. The molecule has 0 unspecified atom stereocenters. The highest BCUT2D eigenvalue weighted by molar-refractivity contribution is 5.96. The van der Waals surface area contributed by atoms with Crippen LogP contribution >= 0.6 is 0 Å². The fraction of sp³-hybridized carbons (Fsp3) is 0.107. The van der Waals surface area contributed by atoms with Crippen LogP contribution in [0.25, 0.3) is 44.6 Å². The molecule has 0 radical (unpaired) electrons. The molecule has 7 nitrogen and oxygen atoms in total. The number of aromatic hydroxyl groups is 1. The van der Waals surface area contributed by atoms with Gasteiger partial charge in [-0.2, -0.15) is 5.10 Å². The predicted molar refractivity (Wildman–Crippen MR) is 137 cm³/mol. The minimum Gasteiger partial charge on any atom is -0.506 e. The maximum atomic E-state index is 10.2. The minimum atomic E-state index is 0.176. The Labute approximate surface area is 201 Å². The fourth-order valence-electron chi connectivity index (χ4n) is 4.42. The number of pyridine rings is 1. The van der Waals surface area contributed by atoms with Gasteiger partial charge in [0, 0.05) is 22.7 Å². The lowest BCUT2D eigenvalue weighted by Gasteiger charge is -2.08. The summed E-state index contributed by atoms with van der Waals surface area (Å²) < 4.78 is 7.29. The molecule has 0 aliphatic rings. The van der Waals surface area contributed by atoms with Gasteiger partial charge in [0.05, 0.1) is 36.4 Å². The van der Waals surface area contributed by atoms with Gasteiger partial charge >= 0.3 is 0 Å². The molecule has 6 aromatic rings. The van der Waals surface area contributed by atoms with E-state index in [-0.39, 0.29) is 5.75 Å². The molecule has 2 N–H and O–H groups in total. The highest BCUT2D eigenvalue weighted by atomic mass is 16.5. The third-order valence-electron chi connectivity index (χ3n) is 6.36. The summed E-state index contributed by atoms with van der Waals surface area (Å²) in [7, 11) is 1.66. The summed E-state index contributed by atoms with van der Waals surface area (Å²) in [5.41, 5.74) is 7.36. The highest BCUT2D eigenvalue weighted by Crippen LogP contribution is 2.34. The number of methoxy groups -OCH3 is 1. The van der Waals surface area contributed by atoms with Gasteiger partial charge in [-0.25, -0.2) is 4.98 Å². The van der Waals surface area contributed by atoms with Crippen molar-refractivity contribution in [3.05, 3.63) is 90.3 Å². The molecule has 0 fully saturated rings. The molecule has 7 heteroatoms. The van der Waals surface area contributed by atoms with E-state index in [0.29, 0.717) is 12.4 Å². The number of para-hydroxylation sites is 2. The van der Waals surface area contributed by atoms with Crippen molar-refractivity contribution in [1.29, 1.82) is 0 Å². The molecule has 3 aromatic carbocycles. The zero-order chi connectivity index (χ0) is 23.9. The molecule has 0 aliphatic heterocycles. The van der Waals surface area contributed by atoms with Crippen LogP contribution in [0.5, 0.6) is 11.5 Å². The molecule has 35 heavy (non-hydrogen) atoms. The monoisotopic (exact) mass is 461 g/mol. The van der Waals surface area contributed by atoms with Crippen LogP contribution in [0.4, 0.5) is 0 Å². The number of imidazole rings is 1. The Kier molecular flexibility index (Phi) is 4.95. The van der Waals surface area contributed by atoms with Gasteiger partial charge in [-0.05, 0) is 54.4 Å². The van der Waals surface area contributed by atoms with E-state index in [1.54, 1.807) is 13.3 Å². The summed E-state index contributed by atoms with van der Waals surface area (Å²) in [6.07, 6.45) is 3.24. The molecule has 0 saturated heterocycles. The number of fused-ring (bicyclic) bond motifs is 2. The lowest BCUT2D eigenvalue weighted by Crippen LogP contribution is -2.02. The van der Waals surface area contributed by atoms with Gasteiger partial charge in [-0.15, -0.1) is 0 Å².